The predicted octanol–water partition coefficient (Wildman–Crippen LogP) is 3.62. The number of allylic oxidation sites excluding steroid dienone is 6. The fourth-order valence-electron chi connectivity index (χ4n) is 1.13. The zero-order valence-corrected chi connectivity index (χ0v) is 7.00. The van der Waals surface area contributed by atoms with E-state index >= 15 is 0 Å². The van der Waals surface area contributed by atoms with Crippen molar-refractivity contribution in [3.05, 3.63) is 36.5 Å². The normalized spacial score (nSPS) is 28.4. The Morgan fingerprint density at radius 2 is 0.818 bits per heavy atom. The van der Waals surface area contributed by atoms with Crippen molar-refractivity contribution in [2.45, 2.75) is 32.1 Å². The van der Waals surface area contributed by atoms with Crippen LogP contribution < -0.4 is 0 Å². The molecule has 1 aliphatic rings. The standard InChI is InChI=1S/C11H16/c1-2-4-6-8-10-11-9-7-5-3-1/h1-2,5,7-8,10H,3-4,6,9,11H2/b2-1+,7-5+,10-8-. The molecule has 11 heavy (non-hydrogen) atoms. The smallest absolute Gasteiger partial charge is 0.0169 e. The van der Waals surface area contributed by atoms with Crippen LogP contribution in [0.3, 0.4) is 0 Å². The van der Waals surface area contributed by atoms with Crippen LogP contribution in [0.1, 0.15) is 32.1 Å². The Morgan fingerprint density at radius 3 is 1.27 bits per heavy atom. The van der Waals surface area contributed by atoms with Gasteiger partial charge in [-0.1, -0.05) is 36.5 Å². The van der Waals surface area contributed by atoms with Crippen molar-refractivity contribution in [3.63, 3.8) is 0 Å². The van der Waals surface area contributed by atoms with Gasteiger partial charge in [-0.3, -0.25) is 0 Å². The molecule has 0 heteroatoms. The summed E-state index contributed by atoms with van der Waals surface area (Å²) in [6, 6.07) is 0. The molecule has 0 spiro atoms. The third kappa shape index (κ3) is 4.60. The predicted molar refractivity (Wildman–Crippen MR) is 50.5 cm³/mol. The van der Waals surface area contributed by atoms with Crippen LogP contribution in [0.5, 0.6) is 0 Å². The summed E-state index contributed by atoms with van der Waals surface area (Å²) in [5, 5.41) is 0. The second-order valence-electron chi connectivity index (χ2n) is 2.80. The van der Waals surface area contributed by atoms with Gasteiger partial charge in [-0.2, -0.15) is 0 Å². The van der Waals surface area contributed by atoms with Gasteiger partial charge in [0, 0.05) is 0 Å². The number of rotatable bonds is 0. The maximum Gasteiger partial charge on any atom is -0.0169 e. The van der Waals surface area contributed by atoms with Gasteiger partial charge in [-0.05, 0) is 32.1 Å². The van der Waals surface area contributed by atoms with Gasteiger partial charge in [0.25, 0.3) is 0 Å². The molecule has 1 aliphatic carbocycles. The number of hydrogen-bond donors (Lipinski definition) is 0. The Hall–Kier alpha value is -0.780. The van der Waals surface area contributed by atoms with Crippen LogP contribution in [0.4, 0.5) is 0 Å². The monoisotopic (exact) mass is 148 g/mol. The lowest BCUT2D eigenvalue weighted by atomic mass is 10.2. The molecule has 0 unspecified atom stereocenters. The number of hydrogen-bond acceptors (Lipinski definition) is 0. The minimum Gasteiger partial charge on any atom is -0.0882 e. The Balaban J connectivity index is 2.34. The fraction of sp³-hybridized carbons (Fsp3) is 0.455. The molecule has 0 saturated heterocycles. The van der Waals surface area contributed by atoms with Gasteiger partial charge in [0.2, 0.25) is 0 Å². The summed E-state index contributed by atoms with van der Waals surface area (Å²) in [7, 11) is 0. The summed E-state index contributed by atoms with van der Waals surface area (Å²) in [5.41, 5.74) is 0. The van der Waals surface area contributed by atoms with Crippen molar-refractivity contribution < 1.29 is 0 Å². The lowest BCUT2D eigenvalue weighted by molar-refractivity contribution is 1.01. The van der Waals surface area contributed by atoms with Crippen LogP contribution in [0.2, 0.25) is 0 Å². The molecule has 0 radical (unpaired) electrons. The van der Waals surface area contributed by atoms with Crippen LogP contribution in [-0.4, -0.2) is 0 Å². The third-order valence-corrected chi connectivity index (χ3v) is 1.77. The van der Waals surface area contributed by atoms with Crippen molar-refractivity contribution in [1.29, 1.82) is 0 Å². The molecular weight excluding hydrogens is 132 g/mol. The van der Waals surface area contributed by atoms with E-state index in [2.05, 4.69) is 36.5 Å². The van der Waals surface area contributed by atoms with E-state index in [1.165, 1.54) is 25.7 Å². The summed E-state index contributed by atoms with van der Waals surface area (Å²) in [4.78, 5) is 0. The van der Waals surface area contributed by atoms with Gasteiger partial charge in [-0.25, -0.2) is 0 Å². The highest BCUT2D eigenvalue weighted by Crippen LogP contribution is 2.01. The molecule has 0 heterocycles. The Morgan fingerprint density at radius 1 is 0.455 bits per heavy atom. The van der Waals surface area contributed by atoms with E-state index in [1.54, 1.807) is 0 Å². The maximum absolute atomic E-state index is 2.28. The van der Waals surface area contributed by atoms with Crippen LogP contribution in [0.15, 0.2) is 36.5 Å². The molecule has 0 bridgehead atoms. The molecule has 0 aliphatic heterocycles. The van der Waals surface area contributed by atoms with Crippen LogP contribution in [0.25, 0.3) is 0 Å². The van der Waals surface area contributed by atoms with Crippen LogP contribution >= 0.6 is 0 Å². The molecule has 0 atom stereocenters. The molecule has 0 nitrogen and oxygen atoms in total. The van der Waals surface area contributed by atoms with Crippen LogP contribution in [0, 0.1) is 0 Å². The minimum absolute atomic E-state index is 1.11. The molecule has 60 valence electrons. The van der Waals surface area contributed by atoms with E-state index in [0.29, 0.717) is 0 Å². The maximum atomic E-state index is 2.28. The highest BCUT2D eigenvalue weighted by atomic mass is 13.9. The van der Waals surface area contributed by atoms with Crippen molar-refractivity contribution in [2.75, 3.05) is 0 Å². The van der Waals surface area contributed by atoms with E-state index < -0.39 is 0 Å². The first-order valence-corrected chi connectivity index (χ1v) is 4.45. The molecule has 0 N–H and O–H groups in total. The Labute approximate surface area is 69.3 Å². The van der Waals surface area contributed by atoms with Gasteiger partial charge in [-0.15, -0.1) is 0 Å². The Kier molecular flexibility index (Phi) is 4.51. The van der Waals surface area contributed by atoms with E-state index in [1.807, 2.05) is 0 Å². The van der Waals surface area contributed by atoms with Gasteiger partial charge < -0.3 is 0 Å². The summed E-state index contributed by atoms with van der Waals surface area (Å²) in [6.45, 7) is 0. The van der Waals surface area contributed by atoms with Gasteiger partial charge >= 0.3 is 0 Å². The second kappa shape index (κ2) is 5.96. The third-order valence-electron chi connectivity index (χ3n) is 1.77. The zero-order valence-electron chi connectivity index (χ0n) is 7.00. The first-order valence-electron chi connectivity index (χ1n) is 4.45. The second-order valence-corrected chi connectivity index (χ2v) is 2.80. The average Bonchev–Trinajstić information content (AvgIpc) is 2.08. The lowest BCUT2D eigenvalue weighted by Gasteiger charge is -1.85. The molecule has 0 aromatic rings. The zero-order chi connectivity index (χ0) is 7.78. The molecular formula is C11H16. The molecule has 0 saturated carbocycles. The van der Waals surface area contributed by atoms with Crippen molar-refractivity contribution in [2.24, 2.45) is 0 Å². The van der Waals surface area contributed by atoms with E-state index in [-0.39, 0.29) is 0 Å². The van der Waals surface area contributed by atoms with E-state index in [9.17, 15) is 0 Å². The lowest BCUT2D eigenvalue weighted by Crippen LogP contribution is -1.65. The molecule has 0 amide bonds. The quantitative estimate of drug-likeness (QED) is 0.460. The summed E-state index contributed by atoms with van der Waals surface area (Å²) < 4.78 is 0. The van der Waals surface area contributed by atoms with E-state index in [0.717, 1.165) is 6.42 Å². The highest BCUT2D eigenvalue weighted by molar-refractivity contribution is 4.96. The SMILES string of the molecule is C1=C\CC/C=C/C/C=C/CC/1. The fourth-order valence-corrected chi connectivity index (χ4v) is 1.13. The van der Waals surface area contributed by atoms with Crippen molar-refractivity contribution in [3.8, 4) is 0 Å². The Bertz CT molecular complexity index is 143. The van der Waals surface area contributed by atoms with Crippen molar-refractivity contribution >= 4 is 0 Å². The van der Waals surface area contributed by atoms with Gasteiger partial charge in [0.05, 0.1) is 0 Å². The molecule has 0 aromatic heterocycles. The van der Waals surface area contributed by atoms with Gasteiger partial charge in [0.1, 0.15) is 0 Å². The average molecular weight is 148 g/mol. The molecule has 1 rings (SSSR count). The summed E-state index contributed by atoms with van der Waals surface area (Å²) in [5.74, 6) is 0. The summed E-state index contributed by atoms with van der Waals surface area (Å²) >= 11 is 0. The largest absolute Gasteiger partial charge is 0.0882 e. The first kappa shape index (κ1) is 8.32. The summed E-state index contributed by atoms with van der Waals surface area (Å²) in [6.07, 6.45) is 19.5. The first-order chi connectivity index (χ1) is 5.50. The highest BCUT2D eigenvalue weighted by Gasteiger charge is 1.80. The minimum atomic E-state index is 1.11. The molecule has 0 aromatic carbocycles. The van der Waals surface area contributed by atoms with Crippen LogP contribution in [-0.2, 0) is 0 Å². The van der Waals surface area contributed by atoms with E-state index in [4.69, 9.17) is 0 Å². The van der Waals surface area contributed by atoms with Gasteiger partial charge in [0.15, 0.2) is 0 Å². The van der Waals surface area contributed by atoms with Crippen molar-refractivity contribution in [1.82, 2.24) is 0 Å². The molecule has 0 fully saturated rings. The topological polar surface area (TPSA) is 0 Å².